The van der Waals surface area contributed by atoms with E-state index in [4.69, 9.17) is 21.1 Å². The van der Waals surface area contributed by atoms with Gasteiger partial charge < -0.3 is 14.8 Å². The Morgan fingerprint density at radius 3 is 2.65 bits per heavy atom. The Hall–Kier alpha value is -0.770. The van der Waals surface area contributed by atoms with Gasteiger partial charge in [-0.1, -0.05) is 24.6 Å². The molecule has 0 saturated heterocycles. The quantitative estimate of drug-likeness (QED) is 0.815. The lowest BCUT2D eigenvalue weighted by molar-refractivity contribution is 0.164. The molecule has 0 radical (unpaired) electrons. The van der Waals surface area contributed by atoms with Crippen molar-refractivity contribution in [2.75, 3.05) is 20.8 Å². The van der Waals surface area contributed by atoms with Crippen LogP contribution in [-0.2, 0) is 11.3 Å². The van der Waals surface area contributed by atoms with E-state index in [0.717, 1.165) is 25.1 Å². The summed E-state index contributed by atoms with van der Waals surface area (Å²) in [5.41, 5.74) is 1.14. The van der Waals surface area contributed by atoms with Crippen LogP contribution < -0.4 is 10.1 Å². The first-order chi connectivity index (χ1) is 8.21. The Labute approximate surface area is 108 Å². The molecule has 0 aromatic heterocycles. The highest BCUT2D eigenvalue weighted by molar-refractivity contribution is 6.32. The van der Waals surface area contributed by atoms with E-state index in [1.54, 1.807) is 14.2 Å². The highest BCUT2D eigenvalue weighted by atomic mass is 35.5. The van der Waals surface area contributed by atoms with Crippen LogP contribution in [0.15, 0.2) is 18.2 Å². The number of halogens is 1. The largest absolute Gasteiger partial charge is 0.495 e. The molecule has 0 saturated carbocycles. The Kier molecular flexibility index (Phi) is 6.34. The molecule has 1 N–H and O–H groups in total. The van der Waals surface area contributed by atoms with Gasteiger partial charge in [-0.05, 0) is 24.1 Å². The fraction of sp³-hybridized carbons (Fsp3) is 0.538. The summed E-state index contributed by atoms with van der Waals surface area (Å²) in [4.78, 5) is 0. The van der Waals surface area contributed by atoms with Crippen molar-refractivity contribution in [1.29, 1.82) is 0 Å². The van der Waals surface area contributed by atoms with Gasteiger partial charge in [-0.3, -0.25) is 0 Å². The average Bonchev–Trinajstić information content (AvgIpc) is 2.34. The van der Waals surface area contributed by atoms with Crippen molar-refractivity contribution in [2.24, 2.45) is 0 Å². The van der Waals surface area contributed by atoms with Gasteiger partial charge in [-0.25, -0.2) is 0 Å². The molecule has 1 unspecified atom stereocenters. The first kappa shape index (κ1) is 14.3. The highest BCUT2D eigenvalue weighted by Crippen LogP contribution is 2.24. The predicted octanol–water partition coefficient (Wildman–Crippen LogP) is 2.86. The lowest BCUT2D eigenvalue weighted by atomic mass is 10.2. The summed E-state index contributed by atoms with van der Waals surface area (Å²) in [5, 5.41) is 4.07. The number of nitrogens with one attached hydrogen (secondary N) is 1. The van der Waals surface area contributed by atoms with Crippen LogP contribution in [0.4, 0.5) is 0 Å². The molecule has 0 amide bonds. The van der Waals surface area contributed by atoms with Gasteiger partial charge in [0.1, 0.15) is 5.75 Å². The second-order valence-electron chi connectivity index (χ2n) is 3.91. The van der Waals surface area contributed by atoms with Gasteiger partial charge >= 0.3 is 0 Å². The van der Waals surface area contributed by atoms with E-state index in [1.807, 2.05) is 18.2 Å². The fourth-order valence-corrected chi connectivity index (χ4v) is 1.88. The van der Waals surface area contributed by atoms with E-state index in [1.165, 1.54) is 0 Å². The average molecular weight is 258 g/mol. The molecule has 0 aliphatic rings. The van der Waals surface area contributed by atoms with Crippen molar-refractivity contribution in [1.82, 2.24) is 5.32 Å². The minimum Gasteiger partial charge on any atom is -0.495 e. The summed E-state index contributed by atoms with van der Waals surface area (Å²) in [5.74, 6) is 0.708. The van der Waals surface area contributed by atoms with Crippen molar-refractivity contribution >= 4 is 11.6 Å². The Balaban J connectivity index is 2.54. The van der Waals surface area contributed by atoms with Gasteiger partial charge in [0.15, 0.2) is 0 Å². The molecule has 0 aliphatic carbocycles. The van der Waals surface area contributed by atoms with Crippen LogP contribution in [0.3, 0.4) is 0 Å². The zero-order valence-electron chi connectivity index (χ0n) is 10.6. The smallest absolute Gasteiger partial charge is 0.137 e. The fourth-order valence-electron chi connectivity index (χ4n) is 1.60. The van der Waals surface area contributed by atoms with Crippen LogP contribution in [0.25, 0.3) is 0 Å². The molecule has 4 heteroatoms. The third-order valence-corrected chi connectivity index (χ3v) is 2.97. The van der Waals surface area contributed by atoms with E-state index in [9.17, 15) is 0 Å². The van der Waals surface area contributed by atoms with E-state index >= 15 is 0 Å². The summed E-state index contributed by atoms with van der Waals surface area (Å²) < 4.78 is 10.2. The SMILES string of the molecule is CCC(COC)NCc1ccc(OC)c(Cl)c1. The maximum Gasteiger partial charge on any atom is 0.137 e. The molecular formula is C13H20ClNO2. The van der Waals surface area contributed by atoms with E-state index in [0.29, 0.717) is 16.8 Å². The third kappa shape index (κ3) is 4.54. The lowest BCUT2D eigenvalue weighted by Gasteiger charge is -2.16. The molecule has 96 valence electrons. The molecule has 0 fully saturated rings. The van der Waals surface area contributed by atoms with Crippen molar-refractivity contribution in [2.45, 2.75) is 25.9 Å². The van der Waals surface area contributed by atoms with Crippen LogP contribution >= 0.6 is 11.6 Å². The standard InChI is InChI=1S/C13H20ClNO2/c1-4-11(9-16-2)15-8-10-5-6-13(17-3)12(14)7-10/h5-7,11,15H,4,8-9H2,1-3H3. The topological polar surface area (TPSA) is 30.5 Å². The second-order valence-corrected chi connectivity index (χ2v) is 4.32. The van der Waals surface area contributed by atoms with Crippen LogP contribution in [0, 0.1) is 0 Å². The summed E-state index contributed by atoms with van der Waals surface area (Å²) in [6.45, 7) is 3.64. The molecule has 3 nitrogen and oxygen atoms in total. The predicted molar refractivity (Wildman–Crippen MR) is 70.8 cm³/mol. The summed E-state index contributed by atoms with van der Waals surface area (Å²) in [7, 11) is 3.33. The zero-order valence-corrected chi connectivity index (χ0v) is 11.4. The molecule has 0 aliphatic heterocycles. The van der Waals surface area contributed by atoms with Crippen LogP contribution in [0.2, 0.25) is 5.02 Å². The maximum absolute atomic E-state index is 6.06. The zero-order chi connectivity index (χ0) is 12.7. The van der Waals surface area contributed by atoms with Gasteiger partial charge in [0, 0.05) is 19.7 Å². The number of hydrogen-bond acceptors (Lipinski definition) is 3. The van der Waals surface area contributed by atoms with Crippen molar-refractivity contribution < 1.29 is 9.47 Å². The van der Waals surface area contributed by atoms with E-state index in [2.05, 4.69) is 12.2 Å². The number of rotatable bonds is 7. The van der Waals surface area contributed by atoms with Gasteiger partial charge in [-0.15, -0.1) is 0 Å². The van der Waals surface area contributed by atoms with Crippen molar-refractivity contribution in [3.8, 4) is 5.75 Å². The molecule has 0 heterocycles. The van der Waals surface area contributed by atoms with Crippen molar-refractivity contribution in [3.05, 3.63) is 28.8 Å². The first-order valence-corrected chi connectivity index (χ1v) is 6.13. The number of hydrogen-bond donors (Lipinski definition) is 1. The third-order valence-electron chi connectivity index (χ3n) is 2.67. The van der Waals surface area contributed by atoms with Crippen molar-refractivity contribution in [3.63, 3.8) is 0 Å². The van der Waals surface area contributed by atoms with E-state index < -0.39 is 0 Å². The number of benzene rings is 1. The molecule has 1 rings (SSSR count). The Bertz CT molecular complexity index is 344. The minimum atomic E-state index is 0.376. The monoisotopic (exact) mass is 257 g/mol. The summed E-state index contributed by atoms with van der Waals surface area (Å²) in [6.07, 6.45) is 1.04. The summed E-state index contributed by atoms with van der Waals surface area (Å²) in [6, 6.07) is 6.20. The number of methoxy groups -OCH3 is 2. The molecule has 17 heavy (non-hydrogen) atoms. The maximum atomic E-state index is 6.06. The molecular weight excluding hydrogens is 238 g/mol. The highest BCUT2D eigenvalue weighted by Gasteiger charge is 2.06. The Morgan fingerprint density at radius 2 is 2.12 bits per heavy atom. The molecule has 0 spiro atoms. The van der Waals surface area contributed by atoms with Crippen LogP contribution in [0.1, 0.15) is 18.9 Å². The van der Waals surface area contributed by atoms with E-state index in [-0.39, 0.29) is 0 Å². The Morgan fingerprint density at radius 1 is 1.35 bits per heavy atom. The number of ether oxygens (including phenoxy) is 2. The second kappa shape index (κ2) is 7.54. The van der Waals surface area contributed by atoms with Gasteiger partial charge in [-0.2, -0.15) is 0 Å². The normalized spacial score (nSPS) is 12.5. The minimum absolute atomic E-state index is 0.376. The molecule has 1 atom stereocenters. The van der Waals surface area contributed by atoms with Crippen LogP contribution in [0.5, 0.6) is 5.75 Å². The van der Waals surface area contributed by atoms with Gasteiger partial charge in [0.2, 0.25) is 0 Å². The van der Waals surface area contributed by atoms with Crippen LogP contribution in [-0.4, -0.2) is 26.9 Å². The first-order valence-electron chi connectivity index (χ1n) is 5.76. The molecule has 1 aromatic carbocycles. The lowest BCUT2D eigenvalue weighted by Crippen LogP contribution is -2.31. The molecule has 0 bridgehead atoms. The summed E-state index contributed by atoms with van der Waals surface area (Å²) >= 11 is 6.06. The van der Waals surface area contributed by atoms with Gasteiger partial charge in [0.25, 0.3) is 0 Å². The van der Waals surface area contributed by atoms with Gasteiger partial charge in [0.05, 0.1) is 18.7 Å². The molecule has 1 aromatic rings.